The summed E-state index contributed by atoms with van der Waals surface area (Å²) in [6.45, 7) is 2.31. The second-order valence-electron chi connectivity index (χ2n) is 4.70. The largest absolute Gasteiger partial charge is 0.462 e. The summed E-state index contributed by atoms with van der Waals surface area (Å²) < 4.78 is 6.10. The lowest BCUT2D eigenvalue weighted by Gasteiger charge is -2.16. The van der Waals surface area contributed by atoms with Gasteiger partial charge in [-0.15, -0.1) is 0 Å². The molecular weight excluding hydrogens is 279 g/mol. The first-order valence-electron chi connectivity index (χ1n) is 5.03. The fourth-order valence-electron chi connectivity index (χ4n) is 3.61. The maximum atomic E-state index is 11.5. The molecule has 2 saturated carbocycles. The highest BCUT2D eigenvalue weighted by atomic mass is 127. The molecule has 1 aliphatic heterocycles. The Morgan fingerprint density at radius 2 is 2.15 bits per heavy atom. The summed E-state index contributed by atoms with van der Waals surface area (Å²) in [5.41, 5.74) is 0. The molecule has 3 fully saturated rings. The van der Waals surface area contributed by atoms with Crippen molar-refractivity contribution in [2.75, 3.05) is 0 Å². The van der Waals surface area contributed by atoms with E-state index in [1.54, 1.807) is 0 Å². The second kappa shape index (κ2) is 2.61. The van der Waals surface area contributed by atoms with Gasteiger partial charge in [0.1, 0.15) is 6.10 Å². The van der Waals surface area contributed by atoms with Crippen LogP contribution in [-0.2, 0) is 9.53 Å². The third-order valence-corrected chi connectivity index (χ3v) is 5.41. The number of esters is 1. The van der Waals surface area contributed by atoms with Crippen molar-refractivity contribution in [1.82, 2.24) is 0 Å². The van der Waals surface area contributed by atoms with Crippen LogP contribution in [0.15, 0.2) is 0 Å². The molecule has 2 aliphatic carbocycles. The predicted molar refractivity (Wildman–Crippen MR) is 56.6 cm³/mol. The van der Waals surface area contributed by atoms with Crippen LogP contribution in [0, 0.1) is 23.7 Å². The molecule has 3 rings (SSSR count). The highest BCUT2D eigenvalue weighted by molar-refractivity contribution is 14.1. The Labute approximate surface area is 91.5 Å². The van der Waals surface area contributed by atoms with Crippen molar-refractivity contribution in [2.24, 2.45) is 23.7 Å². The van der Waals surface area contributed by atoms with E-state index in [1.165, 1.54) is 0 Å². The monoisotopic (exact) mass is 292 g/mol. The molecule has 0 aromatic heterocycles. The predicted octanol–water partition coefficient (Wildman–Crippen LogP) is 2.01. The van der Waals surface area contributed by atoms with Crippen LogP contribution in [-0.4, -0.2) is 16.0 Å². The van der Waals surface area contributed by atoms with E-state index in [4.69, 9.17) is 4.74 Å². The fourth-order valence-corrected chi connectivity index (χ4v) is 5.34. The van der Waals surface area contributed by atoms with Crippen LogP contribution >= 0.6 is 22.6 Å². The molecule has 13 heavy (non-hydrogen) atoms. The van der Waals surface area contributed by atoms with Crippen LogP contribution in [0.2, 0.25) is 0 Å². The van der Waals surface area contributed by atoms with Crippen LogP contribution in [0.5, 0.6) is 0 Å². The minimum Gasteiger partial charge on any atom is -0.462 e. The number of carbonyl (C=O) groups is 1. The van der Waals surface area contributed by atoms with Crippen LogP contribution in [0.3, 0.4) is 0 Å². The van der Waals surface area contributed by atoms with Crippen molar-refractivity contribution in [1.29, 1.82) is 0 Å². The van der Waals surface area contributed by atoms with Gasteiger partial charge in [0.2, 0.25) is 0 Å². The van der Waals surface area contributed by atoms with Crippen molar-refractivity contribution in [3.8, 4) is 0 Å². The number of carbonyl (C=O) groups excluding carboxylic acids is 1. The Balaban J connectivity index is 1.98. The van der Waals surface area contributed by atoms with Gasteiger partial charge in [0.05, 0.1) is 5.92 Å². The lowest BCUT2D eigenvalue weighted by molar-refractivity contribution is -0.144. The van der Waals surface area contributed by atoms with Gasteiger partial charge in [0, 0.05) is 9.84 Å². The maximum Gasteiger partial charge on any atom is 0.309 e. The molecule has 0 bridgehead atoms. The molecule has 0 amide bonds. The van der Waals surface area contributed by atoms with Gasteiger partial charge in [-0.2, -0.15) is 0 Å². The van der Waals surface area contributed by atoms with Gasteiger partial charge in [-0.05, 0) is 24.7 Å². The summed E-state index contributed by atoms with van der Waals surface area (Å²) >= 11 is 2.53. The lowest BCUT2D eigenvalue weighted by Crippen LogP contribution is -2.17. The highest BCUT2D eigenvalue weighted by Crippen LogP contribution is 2.57. The van der Waals surface area contributed by atoms with Gasteiger partial charge in [-0.3, -0.25) is 4.79 Å². The first-order chi connectivity index (χ1) is 6.18. The molecule has 0 aromatic rings. The molecular formula is C10H13IO2. The summed E-state index contributed by atoms with van der Waals surface area (Å²) in [6, 6.07) is 0. The molecule has 72 valence electrons. The third-order valence-electron chi connectivity index (χ3n) is 4.07. The van der Waals surface area contributed by atoms with E-state index in [9.17, 15) is 4.79 Å². The zero-order chi connectivity index (χ0) is 9.16. The van der Waals surface area contributed by atoms with E-state index in [-0.39, 0.29) is 18.0 Å². The molecule has 6 atom stereocenters. The lowest BCUT2D eigenvalue weighted by atomic mass is 9.90. The Hall–Kier alpha value is 0.200. The highest BCUT2D eigenvalue weighted by Gasteiger charge is 2.60. The van der Waals surface area contributed by atoms with Crippen LogP contribution < -0.4 is 0 Å². The average Bonchev–Trinajstić information content (AvgIpc) is 2.60. The molecule has 3 heteroatoms. The van der Waals surface area contributed by atoms with Gasteiger partial charge >= 0.3 is 5.97 Å². The normalized spacial score (nSPS) is 58.2. The fraction of sp³-hybridized carbons (Fsp3) is 0.900. The van der Waals surface area contributed by atoms with Gasteiger partial charge in [-0.1, -0.05) is 29.5 Å². The minimum absolute atomic E-state index is 0.0890. The maximum absolute atomic E-state index is 11.5. The van der Waals surface area contributed by atoms with E-state index >= 15 is 0 Å². The molecule has 0 radical (unpaired) electrons. The smallest absolute Gasteiger partial charge is 0.309 e. The number of ether oxygens (including phenoxy) is 1. The summed E-state index contributed by atoms with van der Waals surface area (Å²) in [7, 11) is 0. The number of alkyl halides is 1. The van der Waals surface area contributed by atoms with E-state index in [2.05, 4.69) is 29.5 Å². The Kier molecular flexibility index (Phi) is 1.71. The van der Waals surface area contributed by atoms with Crippen molar-refractivity contribution < 1.29 is 9.53 Å². The third kappa shape index (κ3) is 0.969. The van der Waals surface area contributed by atoms with Crippen molar-refractivity contribution in [3.05, 3.63) is 0 Å². The van der Waals surface area contributed by atoms with Crippen molar-refractivity contribution in [3.63, 3.8) is 0 Å². The van der Waals surface area contributed by atoms with Crippen LogP contribution in [0.1, 0.15) is 19.8 Å². The minimum atomic E-state index is 0.0890. The van der Waals surface area contributed by atoms with E-state index in [1.807, 2.05) is 0 Å². The quantitative estimate of drug-likeness (QED) is 0.388. The van der Waals surface area contributed by atoms with E-state index in [0.717, 1.165) is 24.7 Å². The number of hydrogen-bond acceptors (Lipinski definition) is 2. The van der Waals surface area contributed by atoms with Crippen molar-refractivity contribution >= 4 is 28.6 Å². The van der Waals surface area contributed by atoms with E-state index < -0.39 is 0 Å². The molecule has 0 aromatic carbocycles. The topological polar surface area (TPSA) is 26.3 Å². The number of rotatable bonds is 0. The molecule has 3 aliphatic rings. The summed E-state index contributed by atoms with van der Waals surface area (Å²) in [6.07, 6.45) is 2.45. The van der Waals surface area contributed by atoms with Crippen LogP contribution in [0.25, 0.3) is 0 Å². The summed E-state index contributed by atoms with van der Waals surface area (Å²) in [4.78, 5) is 11.5. The summed E-state index contributed by atoms with van der Waals surface area (Å²) in [5.74, 6) is 2.43. The van der Waals surface area contributed by atoms with Gasteiger partial charge in [0.25, 0.3) is 0 Å². The van der Waals surface area contributed by atoms with Gasteiger partial charge in [0.15, 0.2) is 0 Å². The number of halogens is 1. The van der Waals surface area contributed by atoms with Crippen molar-refractivity contribution in [2.45, 2.75) is 29.8 Å². The second-order valence-corrected chi connectivity index (χ2v) is 6.30. The van der Waals surface area contributed by atoms with Gasteiger partial charge in [-0.25, -0.2) is 0 Å². The Morgan fingerprint density at radius 3 is 2.92 bits per heavy atom. The Bertz CT molecular complexity index is 266. The van der Waals surface area contributed by atoms with Crippen LogP contribution in [0.4, 0.5) is 0 Å². The van der Waals surface area contributed by atoms with Gasteiger partial charge < -0.3 is 4.74 Å². The molecule has 0 spiro atoms. The summed E-state index contributed by atoms with van der Waals surface area (Å²) in [5, 5.41) is 0. The molecule has 1 saturated heterocycles. The first kappa shape index (κ1) is 8.50. The first-order valence-corrected chi connectivity index (χ1v) is 6.27. The molecule has 0 N–H and O–H groups in total. The SMILES string of the molecule is C[C@H]1C[C@@H]2OC(=O)[C@@H]3CC(I)C1C23. The standard InChI is InChI=1S/C10H13IO2/c1-4-2-7-9-5(10(12)13-7)3-6(11)8(4)9/h4-9H,2-3H2,1H3/t4-,5+,6?,7-,8?,9?/m0/s1. The molecule has 1 heterocycles. The Morgan fingerprint density at radius 1 is 1.38 bits per heavy atom. The molecule has 3 unspecified atom stereocenters. The zero-order valence-electron chi connectivity index (χ0n) is 7.57. The zero-order valence-corrected chi connectivity index (χ0v) is 9.73. The van der Waals surface area contributed by atoms with E-state index in [0.29, 0.717) is 9.84 Å². The molecule has 2 nitrogen and oxygen atoms in total. The number of hydrogen-bond donors (Lipinski definition) is 0. The average molecular weight is 292 g/mol.